The number of aliphatic hydroxyl groups is 2. The van der Waals surface area contributed by atoms with Gasteiger partial charge in [-0.2, -0.15) is 0 Å². The first-order valence-electron chi connectivity index (χ1n) is 48.1. The molecule has 692 valence electrons. The van der Waals surface area contributed by atoms with E-state index in [0.717, 1.165) is 180 Å². The molecule has 16 nitrogen and oxygen atoms in total. The molecule has 0 saturated heterocycles. The number of phosphoric acid groups is 2. The summed E-state index contributed by atoms with van der Waals surface area (Å²) >= 11 is 0. The molecule has 0 radical (unpaired) electrons. The Kier molecular flexibility index (Phi) is 89.6. The van der Waals surface area contributed by atoms with Crippen LogP contribution in [-0.4, -0.2) is 95.9 Å². The Bertz CT molecular complexity index is 2930. The van der Waals surface area contributed by atoms with E-state index >= 15 is 0 Å². The molecule has 0 aromatic rings. The van der Waals surface area contributed by atoms with Gasteiger partial charge in [-0.1, -0.05) is 396 Å². The van der Waals surface area contributed by atoms with E-state index in [0.29, 0.717) is 19.3 Å². The van der Waals surface area contributed by atoms with E-state index in [-0.39, 0.29) is 19.3 Å². The number of phosphoric ester groups is 2. The highest BCUT2D eigenvalue weighted by molar-refractivity contribution is 7.47. The highest BCUT2D eigenvalue weighted by Crippen LogP contribution is 2.45. The number of carbonyl (C=O) groups is 3. The van der Waals surface area contributed by atoms with Gasteiger partial charge in [-0.25, -0.2) is 9.13 Å². The van der Waals surface area contributed by atoms with Gasteiger partial charge < -0.3 is 34.2 Å². The molecule has 0 heterocycles. The van der Waals surface area contributed by atoms with Crippen LogP contribution < -0.4 is 0 Å². The maximum atomic E-state index is 13.1. The third-order valence-corrected chi connectivity index (χ3v) is 22.0. The summed E-state index contributed by atoms with van der Waals surface area (Å²) in [5.74, 6) is -1.59. The van der Waals surface area contributed by atoms with Gasteiger partial charge in [0, 0.05) is 19.3 Å². The molecule has 0 amide bonds. The van der Waals surface area contributed by atoms with Crippen LogP contribution in [-0.2, 0) is 55.8 Å². The molecule has 5 unspecified atom stereocenters. The average Bonchev–Trinajstić information content (AvgIpc) is 0.879. The zero-order valence-corrected chi connectivity index (χ0v) is 78.2. The minimum absolute atomic E-state index is 0.0796. The van der Waals surface area contributed by atoms with Crippen molar-refractivity contribution in [2.24, 2.45) is 0 Å². The van der Waals surface area contributed by atoms with Gasteiger partial charge in [0.1, 0.15) is 25.4 Å². The van der Waals surface area contributed by atoms with Crippen molar-refractivity contribution in [2.45, 2.75) is 411 Å². The maximum Gasteiger partial charge on any atom is 0.472 e. The van der Waals surface area contributed by atoms with Gasteiger partial charge in [0.15, 0.2) is 6.10 Å². The fourth-order valence-corrected chi connectivity index (χ4v) is 14.5. The number of hydrogen-bond donors (Lipinski definition) is 4. The Morgan fingerprint density at radius 3 is 0.694 bits per heavy atom. The normalized spacial score (nSPS) is 14.5. The lowest BCUT2D eigenvalue weighted by Crippen LogP contribution is -2.30. The standard InChI is InChI=1S/C103H174O16P2/c1-4-7-10-13-16-19-22-25-28-31-34-37-39-41-43-45-46-47-48-49-50-52-54-55-57-60-62-65-68-71-74-77-80-83-86-89-101(106)113-92-98(104)93-115-120(109,110)116-94-99(105)95-117-121(111,112)118-97-100(119-103(108)91-88-85-82-79-76-73-70-67-64-59-36-33-30-27-24-21-18-15-12-9-6-3)96-114-102(107)90-87-84-81-78-75-72-69-66-63-61-58-56-53-51-44-42-40-38-35-32-29-26-23-20-17-14-11-8-5-2/h7-8,10-11,16-21,25-30,34-38,41-44,46-47,59,67,70,98-100,104-105H,4-6,9,12-15,22-24,31-33,39-40,45,48-58,60-66,68-69,71-97H2,1-3H3,(H,109,110)(H,111,112)/b10-7-,11-8-,19-16-,20-17-,21-18-,28-25-,29-26-,30-27-,37-34-,38-35-,43-41-,44-42-,47-46-,59-36-,70-67-. The van der Waals surface area contributed by atoms with E-state index in [1.165, 1.54) is 154 Å². The van der Waals surface area contributed by atoms with Gasteiger partial charge in [0.05, 0.1) is 26.4 Å². The van der Waals surface area contributed by atoms with Crippen LogP contribution in [0.15, 0.2) is 182 Å². The molecule has 0 rings (SSSR count). The van der Waals surface area contributed by atoms with Crippen LogP contribution >= 0.6 is 15.6 Å². The average molecular weight is 1730 g/mol. The number of aliphatic hydroxyl groups excluding tert-OH is 2. The molecule has 0 saturated carbocycles. The maximum absolute atomic E-state index is 13.1. The van der Waals surface area contributed by atoms with E-state index in [2.05, 4.69) is 203 Å². The summed E-state index contributed by atoms with van der Waals surface area (Å²) in [5, 5.41) is 20.8. The van der Waals surface area contributed by atoms with E-state index in [9.17, 15) is 43.5 Å². The first-order valence-corrected chi connectivity index (χ1v) is 51.1. The van der Waals surface area contributed by atoms with Gasteiger partial charge in [0.2, 0.25) is 0 Å². The molecule has 121 heavy (non-hydrogen) atoms. The van der Waals surface area contributed by atoms with Gasteiger partial charge >= 0.3 is 33.6 Å². The second kappa shape index (κ2) is 93.8. The topological polar surface area (TPSA) is 231 Å². The smallest absolute Gasteiger partial charge is 0.463 e. The SMILES string of the molecule is CC/C=C\C/C=C\C/C=C\C/C=C\C/C=C\C/C=C\CCCCCCCCCCCCCCCCCCC(=O)OCC(O)COP(=O)(O)OCC(O)COP(=O)(O)OCC(COC(=O)CCCCCCCCCCCCCCC/C=C\C/C=C\C/C=C\C/C=C\C/C=C\CC)OC(=O)CCCCCCC/C=C\C/C=C\C/C=C\C/C=C\CCCCC. The van der Waals surface area contributed by atoms with Crippen molar-refractivity contribution in [3.05, 3.63) is 182 Å². The third kappa shape index (κ3) is 95.2. The summed E-state index contributed by atoms with van der Waals surface area (Å²) in [6, 6.07) is 0. The van der Waals surface area contributed by atoms with Crippen molar-refractivity contribution in [1.82, 2.24) is 0 Å². The molecule has 0 aliphatic carbocycles. The molecule has 0 spiro atoms. The first kappa shape index (κ1) is 116. The van der Waals surface area contributed by atoms with Gasteiger partial charge in [-0.05, 0) is 161 Å². The fourth-order valence-electron chi connectivity index (χ4n) is 12.9. The number of ether oxygens (including phenoxy) is 3. The zero-order valence-electron chi connectivity index (χ0n) is 76.4. The second-order valence-corrected chi connectivity index (χ2v) is 34.7. The molecule has 4 N–H and O–H groups in total. The van der Waals surface area contributed by atoms with Crippen molar-refractivity contribution >= 4 is 33.6 Å². The predicted molar refractivity (Wildman–Crippen MR) is 509 cm³/mol. The van der Waals surface area contributed by atoms with Crippen LogP contribution in [0.3, 0.4) is 0 Å². The van der Waals surface area contributed by atoms with Crippen LogP contribution in [0.1, 0.15) is 393 Å². The van der Waals surface area contributed by atoms with E-state index in [4.69, 9.17) is 32.3 Å². The quantitative estimate of drug-likeness (QED) is 0.0146. The highest BCUT2D eigenvalue weighted by atomic mass is 31.2. The number of unbranched alkanes of at least 4 members (excludes halogenated alkanes) is 37. The van der Waals surface area contributed by atoms with Crippen LogP contribution in [0.5, 0.6) is 0 Å². The molecular formula is C103H174O16P2. The molecule has 0 aliphatic heterocycles. The first-order chi connectivity index (χ1) is 59.2. The molecule has 0 aliphatic rings. The van der Waals surface area contributed by atoms with Gasteiger partial charge in [0.25, 0.3) is 0 Å². The zero-order chi connectivity index (χ0) is 87.9. The second-order valence-electron chi connectivity index (χ2n) is 31.8. The molecule has 5 atom stereocenters. The summed E-state index contributed by atoms with van der Waals surface area (Å²) < 4.78 is 61.5. The molecule has 0 aromatic heterocycles. The Labute approximate surface area is 738 Å². The number of rotatable bonds is 90. The fraction of sp³-hybridized carbons (Fsp3) is 0.680. The largest absolute Gasteiger partial charge is 0.472 e. The third-order valence-electron chi connectivity index (χ3n) is 20.1. The minimum atomic E-state index is -4.95. The van der Waals surface area contributed by atoms with Crippen LogP contribution in [0, 0.1) is 0 Å². The van der Waals surface area contributed by atoms with Crippen LogP contribution in [0.4, 0.5) is 0 Å². The highest BCUT2D eigenvalue weighted by Gasteiger charge is 2.30. The molecular weight excluding hydrogens is 1560 g/mol. The van der Waals surface area contributed by atoms with Crippen molar-refractivity contribution in [2.75, 3.05) is 39.6 Å². The lowest BCUT2D eigenvalue weighted by atomic mass is 10.0. The molecule has 0 fully saturated rings. The number of hydrogen-bond acceptors (Lipinski definition) is 14. The van der Waals surface area contributed by atoms with Crippen molar-refractivity contribution < 1.29 is 75.8 Å². The predicted octanol–water partition coefficient (Wildman–Crippen LogP) is 30.0. The summed E-state index contributed by atoms with van der Waals surface area (Å²) in [5.41, 5.74) is 0. The lowest BCUT2D eigenvalue weighted by molar-refractivity contribution is -0.161. The van der Waals surface area contributed by atoms with Crippen molar-refractivity contribution in [3.8, 4) is 0 Å². The monoisotopic (exact) mass is 1730 g/mol. The van der Waals surface area contributed by atoms with Gasteiger partial charge in [-0.3, -0.25) is 32.5 Å². The minimum Gasteiger partial charge on any atom is -0.463 e. The molecule has 0 aromatic carbocycles. The Balaban J connectivity index is 4.55. The van der Waals surface area contributed by atoms with Crippen molar-refractivity contribution in [3.63, 3.8) is 0 Å². The molecule has 0 bridgehead atoms. The number of carbonyl (C=O) groups excluding carboxylic acids is 3. The summed E-state index contributed by atoms with van der Waals surface area (Å²) in [4.78, 5) is 59.1. The van der Waals surface area contributed by atoms with Gasteiger partial charge in [-0.15, -0.1) is 0 Å². The van der Waals surface area contributed by atoms with E-state index in [1.807, 2.05) is 0 Å². The lowest BCUT2D eigenvalue weighted by Gasteiger charge is -2.21. The summed E-state index contributed by atoms with van der Waals surface area (Å²) in [6.45, 7) is 2.45. The van der Waals surface area contributed by atoms with E-state index in [1.54, 1.807) is 0 Å². The van der Waals surface area contributed by atoms with Crippen LogP contribution in [0.25, 0.3) is 0 Å². The Morgan fingerprint density at radius 1 is 0.240 bits per heavy atom. The molecule has 18 heteroatoms. The number of allylic oxidation sites excluding steroid dienone is 30. The Hall–Kier alpha value is -5.35. The van der Waals surface area contributed by atoms with Crippen LogP contribution in [0.2, 0.25) is 0 Å². The summed E-state index contributed by atoms with van der Waals surface area (Å²) in [6.07, 6.45) is 124. The van der Waals surface area contributed by atoms with Crippen molar-refractivity contribution in [1.29, 1.82) is 0 Å². The Morgan fingerprint density at radius 2 is 0.438 bits per heavy atom. The summed E-state index contributed by atoms with van der Waals surface area (Å²) in [7, 11) is -9.82. The number of esters is 3. The van der Waals surface area contributed by atoms with E-state index < -0.39 is 91.5 Å².